The zero-order valence-corrected chi connectivity index (χ0v) is 17.7. The molecular formula is C22H20Cl2N4O2. The van der Waals surface area contributed by atoms with Crippen molar-refractivity contribution in [3.63, 3.8) is 0 Å². The molecule has 8 heteroatoms. The van der Waals surface area contributed by atoms with Gasteiger partial charge in [-0.2, -0.15) is 5.10 Å². The van der Waals surface area contributed by atoms with E-state index in [0.717, 1.165) is 11.3 Å². The number of hydrogen-bond donors (Lipinski definition) is 0. The summed E-state index contributed by atoms with van der Waals surface area (Å²) in [6.07, 6.45) is 0. The van der Waals surface area contributed by atoms with Gasteiger partial charge in [-0.3, -0.25) is 9.59 Å². The van der Waals surface area contributed by atoms with Crippen LogP contribution < -0.4 is 10.5 Å². The summed E-state index contributed by atoms with van der Waals surface area (Å²) in [4.78, 5) is 29.0. The molecule has 0 bridgehead atoms. The number of carbonyl (C=O) groups excluding carboxylic acids is 1. The topological polar surface area (TPSA) is 58.4 Å². The second-order valence-electron chi connectivity index (χ2n) is 7.07. The lowest BCUT2D eigenvalue weighted by Crippen LogP contribution is -2.50. The highest BCUT2D eigenvalue weighted by Gasteiger charge is 2.22. The Bertz CT molecular complexity index is 1110. The molecule has 1 aliphatic heterocycles. The first-order valence-electron chi connectivity index (χ1n) is 9.62. The average Bonchev–Trinajstić information content (AvgIpc) is 2.76. The molecule has 0 atom stereocenters. The first-order valence-corrected chi connectivity index (χ1v) is 10.4. The number of anilines is 1. The van der Waals surface area contributed by atoms with Gasteiger partial charge in [0.2, 0.25) is 5.91 Å². The van der Waals surface area contributed by atoms with Gasteiger partial charge in [0.1, 0.15) is 6.54 Å². The highest BCUT2D eigenvalue weighted by atomic mass is 35.5. The zero-order chi connectivity index (χ0) is 21.1. The molecule has 0 radical (unpaired) electrons. The smallest absolute Gasteiger partial charge is 0.267 e. The van der Waals surface area contributed by atoms with Crippen molar-refractivity contribution in [2.24, 2.45) is 0 Å². The fraction of sp³-hybridized carbons (Fsp3) is 0.227. The highest BCUT2D eigenvalue weighted by molar-refractivity contribution is 6.31. The molecular weight excluding hydrogens is 423 g/mol. The quantitative estimate of drug-likeness (QED) is 0.619. The number of carbonyl (C=O) groups is 1. The van der Waals surface area contributed by atoms with Crippen molar-refractivity contribution in [1.29, 1.82) is 0 Å². The lowest BCUT2D eigenvalue weighted by Gasteiger charge is -2.36. The summed E-state index contributed by atoms with van der Waals surface area (Å²) in [7, 11) is 0. The molecule has 0 saturated carbocycles. The van der Waals surface area contributed by atoms with Gasteiger partial charge < -0.3 is 9.80 Å². The Hall–Kier alpha value is -2.83. The van der Waals surface area contributed by atoms with Gasteiger partial charge in [0.05, 0.1) is 5.69 Å². The Morgan fingerprint density at radius 2 is 1.63 bits per heavy atom. The maximum Gasteiger partial charge on any atom is 0.267 e. The zero-order valence-electron chi connectivity index (χ0n) is 16.2. The van der Waals surface area contributed by atoms with Crippen LogP contribution in [0.2, 0.25) is 10.0 Å². The van der Waals surface area contributed by atoms with E-state index in [-0.39, 0.29) is 18.0 Å². The molecule has 2 heterocycles. The third-order valence-electron chi connectivity index (χ3n) is 5.10. The minimum Gasteiger partial charge on any atom is -0.368 e. The summed E-state index contributed by atoms with van der Waals surface area (Å²) in [6, 6.07) is 18.0. The number of amides is 1. The molecule has 2 aromatic carbocycles. The van der Waals surface area contributed by atoms with E-state index in [1.165, 1.54) is 10.7 Å². The lowest BCUT2D eigenvalue weighted by atomic mass is 10.1. The maximum absolute atomic E-state index is 12.8. The fourth-order valence-corrected chi connectivity index (χ4v) is 3.76. The first kappa shape index (κ1) is 20.4. The third kappa shape index (κ3) is 4.66. The van der Waals surface area contributed by atoms with Crippen molar-refractivity contribution in [2.45, 2.75) is 6.54 Å². The van der Waals surface area contributed by atoms with Gasteiger partial charge in [0, 0.05) is 53.5 Å². The number of aromatic nitrogens is 2. The Morgan fingerprint density at radius 3 is 2.33 bits per heavy atom. The maximum atomic E-state index is 12.8. The van der Waals surface area contributed by atoms with Crippen LogP contribution in [0.3, 0.4) is 0 Å². The Balaban J connectivity index is 1.42. The molecule has 1 saturated heterocycles. The molecule has 0 aliphatic carbocycles. The van der Waals surface area contributed by atoms with Crippen molar-refractivity contribution >= 4 is 34.8 Å². The minimum absolute atomic E-state index is 0.0859. The van der Waals surface area contributed by atoms with E-state index in [2.05, 4.69) is 10.00 Å². The Labute approximate surface area is 184 Å². The molecule has 154 valence electrons. The van der Waals surface area contributed by atoms with Crippen LogP contribution >= 0.6 is 23.2 Å². The van der Waals surface area contributed by atoms with Crippen LogP contribution in [0.5, 0.6) is 0 Å². The molecule has 30 heavy (non-hydrogen) atoms. The molecule has 1 amide bonds. The highest BCUT2D eigenvalue weighted by Crippen LogP contribution is 2.21. The first-order chi connectivity index (χ1) is 14.5. The summed E-state index contributed by atoms with van der Waals surface area (Å²) in [5.41, 5.74) is 2.18. The summed E-state index contributed by atoms with van der Waals surface area (Å²) >= 11 is 12.0. The van der Waals surface area contributed by atoms with Crippen molar-refractivity contribution in [3.05, 3.63) is 81.1 Å². The van der Waals surface area contributed by atoms with Gasteiger partial charge in [0.15, 0.2) is 0 Å². The van der Waals surface area contributed by atoms with Crippen LogP contribution in [-0.4, -0.2) is 46.8 Å². The van der Waals surface area contributed by atoms with E-state index in [1.54, 1.807) is 23.1 Å². The molecule has 4 rings (SSSR count). The minimum atomic E-state index is -0.307. The normalized spacial score (nSPS) is 14.1. The van der Waals surface area contributed by atoms with Crippen LogP contribution in [0, 0.1) is 0 Å². The van der Waals surface area contributed by atoms with Crippen molar-refractivity contribution < 1.29 is 4.79 Å². The van der Waals surface area contributed by atoms with Crippen LogP contribution in [0.15, 0.2) is 65.5 Å². The molecule has 1 fully saturated rings. The largest absolute Gasteiger partial charge is 0.368 e. The van der Waals surface area contributed by atoms with Crippen LogP contribution in [0.4, 0.5) is 5.69 Å². The summed E-state index contributed by atoms with van der Waals surface area (Å²) in [5.74, 6) is -0.122. The lowest BCUT2D eigenvalue weighted by molar-refractivity contribution is -0.132. The van der Waals surface area contributed by atoms with E-state index < -0.39 is 0 Å². The standard InChI is InChI=1S/C22H20Cl2N4O2/c23-17-6-4-16(5-7-17)20-8-9-21(29)28(25-20)15-22(30)27-12-10-26(11-13-27)19-3-1-2-18(24)14-19/h1-9,14H,10-13,15H2. The van der Waals surface area contributed by atoms with E-state index in [0.29, 0.717) is 41.9 Å². The van der Waals surface area contributed by atoms with Gasteiger partial charge in [-0.25, -0.2) is 4.68 Å². The van der Waals surface area contributed by atoms with Gasteiger partial charge >= 0.3 is 0 Å². The second kappa shape index (κ2) is 8.90. The van der Waals surface area contributed by atoms with Gasteiger partial charge in [-0.05, 0) is 36.4 Å². The molecule has 3 aromatic rings. The molecule has 0 spiro atoms. The van der Waals surface area contributed by atoms with Gasteiger partial charge in [0.25, 0.3) is 5.56 Å². The average molecular weight is 443 g/mol. The number of benzene rings is 2. The monoisotopic (exact) mass is 442 g/mol. The van der Waals surface area contributed by atoms with Crippen LogP contribution in [0.25, 0.3) is 11.3 Å². The van der Waals surface area contributed by atoms with Gasteiger partial charge in [-0.15, -0.1) is 0 Å². The van der Waals surface area contributed by atoms with E-state index >= 15 is 0 Å². The van der Waals surface area contributed by atoms with Crippen molar-refractivity contribution in [3.8, 4) is 11.3 Å². The predicted octanol–water partition coefficient (Wildman–Crippen LogP) is 3.57. The molecule has 1 aromatic heterocycles. The van der Waals surface area contributed by atoms with Gasteiger partial charge in [-0.1, -0.05) is 41.4 Å². The Kier molecular flexibility index (Phi) is 6.06. The number of nitrogens with zero attached hydrogens (tertiary/aromatic N) is 4. The number of halogens is 2. The molecule has 0 unspecified atom stereocenters. The van der Waals surface area contributed by atoms with Crippen LogP contribution in [0.1, 0.15) is 0 Å². The second-order valence-corrected chi connectivity index (χ2v) is 7.94. The number of rotatable bonds is 4. The summed E-state index contributed by atoms with van der Waals surface area (Å²) in [5, 5.41) is 5.68. The Morgan fingerprint density at radius 1 is 0.900 bits per heavy atom. The molecule has 6 nitrogen and oxygen atoms in total. The van der Waals surface area contributed by atoms with E-state index in [1.807, 2.05) is 36.4 Å². The van der Waals surface area contributed by atoms with Crippen LogP contribution in [-0.2, 0) is 11.3 Å². The predicted molar refractivity (Wildman–Crippen MR) is 119 cm³/mol. The fourth-order valence-electron chi connectivity index (χ4n) is 3.45. The third-order valence-corrected chi connectivity index (χ3v) is 5.58. The summed E-state index contributed by atoms with van der Waals surface area (Å²) < 4.78 is 1.22. The number of hydrogen-bond acceptors (Lipinski definition) is 4. The number of piperazine rings is 1. The van der Waals surface area contributed by atoms with E-state index in [9.17, 15) is 9.59 Å². The van der Waals surface area contributed by atoms with E-state index in [4.69, 9.17) is 23.2 Å². The van der Waals surface area contributed by atoms with Crippen molar-refractivity contribution in [2.75, 3.05) is 31.1 Å². The SMILES string of the molecule is O=C(Cn1nc(-c2ccc(Cl)cc2)ccc1=O)N1CCN(c2cccc(Cl)c2)CC1. The molecule has 0 N–H and O–H groups in total. The molecule has 1 aliphatic rings. The summed E-state index contributed by atoms with van der Waals surface area (Å²) in [6.45, 7) is 2.49. The van der Waals surface area contributed by atoms with Crippen molar-refractivity contribution in [1.82, 2.24) is 14.7 Å².